The van der Waals surface area contributed by atoms with Crippen LogP contribution >= 0.6 is 0 Å². The van der Waals surface area contributed by atoms with Crippen LogP contribution in [0.3, 0.4) is 0 Å². The molecule has 5 aliphatic rings. The van der Waals surface area contributed by atoms with Crippen LogP contribution in [-0.2, 0) is 33.3 Å². The van der Waals surface area contributed by atoms with Crippen LogP contribution in [0.4, 0.5) is 0 Å². The minimum absolute atomic E-state index is 0. The Bertz CT molecular complexity index is 1330. The van der Waals surface area contributed by atoms with Crippen LogP contribution < -0.4 is 29.6 Å². The Balaban J connectivity index is 0.00000650. The van der Waals surface area contributed by atoms with Crippen molar-refractivity contribution in [2.24, 2.45) is 41.4 Å². The Morgan fingerprint density at radius 3 is 2.15 bits per heavy atom. The molecule has 304 valence electrons. The fourth-order valence-electron chi connectivity index (χ4n) is 10.5. The number of carboxylic acids is 1. The predicted octanol–water partition coefficient (Wildman–Crippen LogP) is 3.19. The van der Waals surface area contributed by atoms with Crippen LogP contribution in [0, 0.1) is 41.4 Å². The normalized spacial score (nSPS) is 45.3. The van der Waals surface area contributed by atoms with Gasteiger partial charge in [-0.2, -0.15) is 0 Å². The largest absolute Gasteiger partial charge is 1.00 e. The van der Waals surface area contributed by atoms with Crippen molar-refractivity contribution in [3.8, 4) is 0 Å². The van der Waals surface area contributed by atoms with Gasteiger partial charge in [0.05, 0.1) is 53.7 Å². The second-order valence-corrected chi connectivity index (χ2v) is 17.9. The Morgan fingerprint density at radius 1 is 0.889 bits per heavy atom. The molecular weight excluding hydrogens is 703 g/mol. The molecule has 11 nitrogen and oxygen atoms in total. The van der Waals surface area contributed by atoms with Gasteiger partial charge in [0.2, 0.25) is 5.79 Å². The van der Waals surface area contributed by atoms with E-state index in [4.69, 9.17) is 23.7 Å². The third-order valence-electron chi connectivity index (χ3n) is 14.4. The number of carboxylic acid groups (broad SMARTS) is 1. The Morgan fingerprint density at radius 2 is 1.56 bits per heavy atom. The molecule has 0 unspecified atom stereocenters. The van der Waals surface area contributed by atoms with E-state index in [-0.39, 0.29) is 71.4 Å². The predicted molar refractivity (Wildman–Crippen MR) is 199 cm³/mol. The summed E-state index contributed by atoms with van der Waals surface area (Å²) in [6.07, 6.45) is 5.51. The average molecular weight is 774 g/mol. The first-order valence-electron chi connectivity index (χ1n) is 20.7. The molecule has 5 heterocycles. The van der Waals surface area contributed by atoms with Crippen molar-refractivity contribution in [2.75, 3.05) is 0 Å². The third kappa shape index (κ3) is 8.63. The SMILES string of the molecule is CC[C@H](C(=O)[C@@H](C)[C@@H](O)[C@H](C)[C@@H]1O[C@@H]([C@@H](CC)C(=O)O)CC[C@@H]1C)[C@H]1O[C@]2(C=C[C@@H](O)[C@]3(CC[C@@](C)([C@H]4CC[C@](O)(CC)[C@H](C)O4)O3)O2)[C@H](C)C[C@@H]1C.[Na+]. The maximum atomic E-state index is 14.4. The molecule has 0 aromatic carbocycles. The number of ketones is 1. The standard InChI is InChI=1S/C42H70O11.Na/c1-11-29(38(46)47)31-15-14-23(4)36(50-31)27(8)34(44)26(7)35(45)30(12-2)37-24(5)22-25(6)41(51-37)19-16-32(43)42(53-41)21-20-39(10,52-42)33-17-18-40(48,13-3)28(9)49-33;/h16,19,23-34,36-37,43-44,48H,11-15,17-18,20-22H2,1-10H3,(H,46,47);/q;+1/t23-,24-,25+,26-,27-,28-,29+,30+,31+,32+,33+,34+,36+,37-,39-,40+,41-,42-;/m0./s1. The van der Waals surface area contributed by atoms with Crippen molar-refractivity contribution in [2.45, 2.75) is 199 Å². The first-order chi connectivity index (χ1) is 24.8. The molecule has 0 radical (unpaired) electrons. The van der Waals surface area contributed by atoms with E-state index in [0.717, 1.165) is 6.42 Å². The first-order valence-corrected chi connectivity index (χ1v) is 20.7. The van der Waals surface area contributed by atoms with Gasteiger partial charge in [0.25, 0.3) is 0 Å². The zero-order chi connectivity index (χ0) is 39.3. The van der Waals surface area contributed by atoms with Crippen molar-refractivity contribution in [1.82, 2.24) is 0 Å². The monoisotopic (exact) mass is 773 g/mol. The van der Waals surface area contributed by atoms with E-state index in [1.807, 2.05) is 41.5 Å². The fraction of sp³-hybridized carbons (Fsp3) is 0.905. The summed E-state index contributed by atoms with van der Waals surface area (Å²) >= 11 is 0. The van der Waals surface area contributed by atoms with Gasteiger partial charge < -0.3 is 44.1 Å². The molecule has 2 spiro atoms. The smallest absolute Gasteiger partial charge is 0.481 e. The fourth-order valence-corrected chi connectivity index (χ4v) is 10.5. The number of aliphatic carboxylic acids is 1. The second kappa shape index (κ2) is 17.8. The number of hydrogen-bond donors (Lipinski definition) is 4. The van der Waals surface area contributed by atoms with Crippen molar-refractivity contribution >= 4 is 11.8 Å². The summed E-state index contributed by atoms with van der Waals surface area (Å²) in [6.45, 7) is 19.6. The van der Waals surface area contributed by atoms with E-state index in [9.17, 15) is 30.0 Å². The molecule has 0 aliphatic carbocycles. The number of aliphatic hydroxyl groups excluding tert-OH is 2. The molecule has 12 heteroatoms. The van der Waals surface area contributed by atoms with Gasteiger partial charge in [-0.3, -0.25) is 9.59 Å². The van der Waals surface area contributed by atoms with Gasteiger partial charge in [0.1, 0.15) is 11.9 Å². The zero-order valence-electron chi connectivity index (χ0n) is 35.0. The minimum Gasteiger partial charge on any atom is -0.481 e. The van der Waals surface area contributed by atoms with Gasteiger partial charge in [0.15, 0.2) is 5.79 Å². The molecule has 4 fully saturated rings. The Labute approximate surface area is 345 Å². The van der Waals surface area contributed by atoms with Crippen LogP contribution in [0.1, 0.15) is 133 Å². The van der Waals surface area contributed by atoms with E-state index in [1.54, 1.807) is 19.1 Å². The number of carbonyl (C=O) groups is 2. The van der Waals surface area contributed by atoms with E-state index in [1.165, 1.54) is 0 Å². The topological polar surface area (TPSA) is 161 Å². The third-order valence-corrected chi connectivity index (χ3v) is 14.4. The van der Waals surface area contributed by atoms with E-state index in [0.29, 0.717) is 57.8 Å². The molecule has 18 atom stereocenters. The molecule has 0 aromatic heterocycles. The van der Waals surface area contributed by atoms with Crippen molar-refractivity contribution in [1.29, 1.82) is 0 Å². The number of ether oxygens (including phenoxy) is 5. The maximum Gasteiger partial charge on any atom is 1.00 e. The van der Waals surface area contributed by atoms with Gasteiger partial charge in [-0.1, -0.05) is 55.4 Å². The molecule has 0 bridgehead atoms. The summed E-state index contributed by atoms with van der Waals surface area (Å²) < 4.78 is 33.5. The summed E-state index contributed by atoms with van der Waals surface area (Å²) in [6, 6.07) is 0. The van der Waals surface area contributed by atoms with Crippen LogP contribution in [0.5, 0.6) is 0 Å². The summed E-state index contributed by atoms with van der Waals surface area (Å²) in [5.74, 6) is -5.78. The molecule has 0 amide bonds. The van der Waals surface area contributed by atoms with E-state index < -0.39 is 76.8 Å². The van der Waals surface area contributed by atoms with Gasteiger partial charge in [-0.25, -0.2) is 0 Å². The summed E-state index contributed by atoms with van der Waals surface area (Å²) in [4.78, 5) is 26.4. The Hall–Kier alpha value is -0.440. The number of rotatable bonds is 12. The molecule has 0 saturated carbocycles. The van der Waals surface area contributed by atoms with Gasteiger partial charge >= 0.3 is 35.5 Å². The maximum absolute atomic E-state index is 14.4. The van der Waals surface area contributed by atoms with Crippen molar-refractivity contribution in [3.05, 3.63) is 12.2 Å². The molecule has 0 aromatic rings. The molecule has 4 N–H and O–H groups in total. The quantitative estimate of drug-likeness (QED) is 0.170. The zero-order valence-corrected chi connectivity index (χ0v) is 37.0. The van der Waals surface area contributed by atoms with Crippen LogP contribution in [-0.4, -0.2) is 97.7 Å². The van der Waals surface area contributed by atoms with Crippen LogP contribution in [0.2, 0.25) is 0 Å². The number of hydrogen-bond acceptors (Lipinski definition) is 10. The van der Waals surface area contributed by atoms with Crippen LogP contribution in [0.15, 0.2) is 12.2 Å². The molecule has 5 rings (SSSR count). The molecule has 5 aliphatic heterocycles. The number of Topliss-reactive ketones (excluding diaryl/α,β-unsaturated/α-hetero) is 1. The first kappa shape index (κ1) is 46.3. The van der Waals surface area contributed by atoms with Crippen molar-refractivity contribution in [3.63, 3.8) is 0 Å². The number of carbonyl (C=O) groups excluding carboxylic acids is 1. The van der Waals surface area contributed by atoms with E-state index >= 15 is 0 Å². The van der Waals surface area contributed by atoms with Gasteiger partial charge in [-0.15, -0.1) is 0 Å². The van der Waals surface area contributed by atoms with Gasteiger partial charge in [-0.05, 0) is 95.6 Å². The van der Waals surface area contributed by atoms with E-state index in [2.05, 4.69) is 20.8 Å². The number of aliphatic hydroxyl groups is 3. The molecule has 54 heavy (non-hydrogen) atoms. The van der Waals surface area contributed by atoms with Crippen LogP contribution in [0.25, 0.3) is 0 Å². The summed E-state index contributed by atoms with van der Waals surface area (Å²) in [7, 11) is 0. The minimum atomic E-state index is -1.37. The average Bonchev–Trinajstić information content (AvgIpc) is 3.47. The van der Waals surface area contributed by atoms with Gasteiger partial charge in [0, 0.05) is 30.1 Å². The Kier molecular flexibility index (Phi) is 15.3. The van der Waals surface area contributed by atoms with Crippen molar-refractivity contribution < 1.29 is 83.3 Å². The molecular formula is C42H70NaO11+. The molecule has 4 saturated heterocycles. The second-order valence-electron chi connectivity index (χ2n) is 17.9. The summed E-state index contributed by atoms with van der Waals surface area (Å²) in [5, 5.41) is 44.0. The summed E-state index contributed by atoms with van der Waals surface area (Å²) in [5.41, 5.74) is -1.63.